The van der Waals surface area contributed by atoms with Gasteiger partial charge < -0.3 is 10.0 Å². The van der Waals surface area contributed by atoms with Gasteiger partial charge in [-0.25, -0.2) is 13.2 Å². The first-order valence-electron chi connectivity index (χ1n) is 7.07. The Bertz CT molecular complexity index is 877. The molecule has 2 N–H and O–H groups in total. The number of benzene rings is 2. The fourth-order valence-corrected chi connectivity index (χ4v) is 3.69. The normalized spacial score (nSPS) is 13.7. The highest BCUT2D eigenvalue weighted by molar-refractivity contribution is 7.92. The topological polar surface area (TPSA) is 86.7 Å². The van der Waals surface area contributed by atoms with Gasteiger partial charge in [-0.1, -0.05) is 12.1 Å². The summed E-state index contributed by atoms with van der Waals surface area (Å²) in [7, 11) is -1.85. The van der Waals surface area contributed by atoms with Gasteiger partial charge in [0.25, 0.3) is 10.0 Å². The van der Waals surface area contributed by atoms with Crippen molar-refractivity contribution < 1.29 is 18.3 Å². The second-order valence-electron chi connectivity index (χ2n) is 5.45. The summed E-state index contributed by atoms with van der Waals surface area (Å²) in [6.45, 7) is 0.868. The summed E-state index contributed by atoms with van der Waals surface area (Å²) < 4.78 is 27.5. The number of rotatable bonds is 4. The van der Waals surface area contributed by atoms with E-state index in [1.807, 2.05) is 18.0 Å². The molecule has 23 heavy (non-hydrogen) atoms. The number of sulfonamides is 1. The summed E-state index contributed by atoms with van der Waals surface area (Å²) >= 11 is 0. The number of carboxylic acids is 1. The number of carbonyl (C=O) groups is 1. The average Bonchev–Trinajstić information content (AvgIpc) is 2.88. The Labute approximate surface area is 134 Å². The molecule has 1 aliphatic heterocycles. The molecule has 6 nitrogen and oxygen atoms in total. The summed E-state index contributed by atoms with van der Waals surface area (Å²) in [6, 6.07) is 10.7. The maximum Gasteiger partial charge on any atom is 0.335 e. The van der Waals surface area contributed by atoms with Crippen LogP contribution in [0.25, 0.3) is 0 Å². The van der Waals surface area contributed by atoms with E-state index >= 15 is 0 Å². The molecule has 1 aliphatic rings. The maximum absolute atomic E-state index is 12.5. The lowest BCUT2D eigenvalue weighted by molar-refractivity contribution is 0.0697. The van der Waals surface area contributed by atoms with Gasteiger partial charge in [-0.05, 0) is 42.3 Å². The molecule has 2 aromatic carbocycles. The molecule has 0 aromatic heterocycles. The van der Waals surface area contributed by atoms with Crippen LogP contribution in [0.4, 0.5) is 11.4 Å². The fraction of sp³-hybridized carbons (Fsp3) is 0.188. The van der Waals surface area contributed by atoms with E-state index in [1.54, 1.807) is 12.1 Å². The Kier molecular flexibility index (Phi) is 3.73. The molecule has 0 fully saturated rings. The summed E-state index contributed by atoms with van der Waals surface area (Å²) in [6.07, 6.45) is 0.903. The van der Waals surface area contributed by atoms with Crippen LogP contribution in [0.3, 0.4) is 0 Å². The van der Waals surface area contributed by atoms with Crippen molar-refractivity contribution in [3.05, 3.63) is 53.6 Å². The predicted octanol–water partition coefficient (Wildman–Crippen LogP) is 2.18. The SMILES string of the molecule is CN1CCc2ccc(S(=O)(=O)Nc3cccc(C(=O)O)c3)cc21. The number of likely N-dealkylation sites (N-methyl/N-ethyl adjacent to an activating group) is 1. The first-order chi connectivity index (χ1) is 10.9. The molecule has 0 amide bonds. The van der Waals surface area contributed by atoms with Crippen molar-refractivity contribution in [2.75, 3.05) is 23.2 Å². The molecule has 1 heterocycles. The molecule has 120 valence electrons. The number of hydrogen-bond acceptors (Lipinski definition) is 4. The quantitative estimate of drug-likeness (QED) is 0.896. The third-order valence-electron chi connectivity index (χ3n) is 3.86. The molecule has 0 spiro atoms. The van der Waals surface area contributed by atoms with Crippen LogP contribution in [0.1, 0.15) is 15.9 Å². The molecular weight excluding hydrogens is 316 g/mol. The van der Waals surface area contributed by atoms with Gasteiger partial charge in [0.05, 0.1) is 10.5 Å². The molecule has 0 atom stereocenters. The van der Waals surface area contributed by atoms with Crippen molar-refractivity contribution >= 4 is 27.4 Å². The van der Waals surface area contributed by atoms with Gasteiger partial charge in [0, 0.05) is 25.0 Å². The second kappa shape index (κ2) is 5.58. The molecule has 0 radical (unpaired) electrons. The third kappa shape index (κ3) is 3.00. The van der Waals surface area contributed by atoms with Gasteiger partial charge in [-0.2, -0.15) is 0 Å². The molecular formula is C16H16N2O4S. The van der Waals surface area contributed by atoms with Crippen LogP contribution in [0.15, 0.2) is 47.4 Å². The lowest BCUT2D eigenvalue weighted by Gasteiger charge is -2.14. The van der Waals surface area contributed by atoms with Crippen molar-refractivity contribution in [2.24, 2.45) is 0 Å². The molecule has 0 bridgehead atoms. The molecule has 7 heteroatoms. The van der Waals surface area contributed by atoms with Crippen molar-refractivity contribution in [1.29, 1.82) is 0 Å². The fourth-order valence-electron chi connectivity index (χ4n) is 2.62. The van der Waals surface area contributed by atoms with Gasteiger partial charge in [0.15, 0.2) is 0 Å². The van der Waals surface area contributed by atoms with Crippen LogP contribution < -0.4 is 9.62 Å². The molecule has 2 aromatic rings. The van der Waals surface area contributed by atoms with E-state index in [2.05, 4.69) is 4.72 Å². The van der Waals surface area contributed by atoms with E-state index in [0.717, 1.165) is 24.2 Å². The lowest BCUT2D eigenvalue weighted by atomic mass is 10.2. The summed E-state index contributed by atoms with van der Waals surface area (Å²) in [5.74, 6) is -1.11. The number of aromatic carboxylic acids is 1. The smallest absolute Gasteiger partial charge is 0.335 e. The predicted molar refractivity (Wildman–Crippen MR) is 87.6 cm³/mol. The van der Waals surface area contributed by atoms with Crippen molar-refractivity contribution in [3.63, 3.8) is 0 Å². The number of carboxylic acid groups (broad SMARTS) is 1. The highest BCUT2D eigenvalue weighted by Gasteiger charge is 2.21. The van der Waals surface area contributed by atoms with E-state index in [-0.39, 0.29) is 16.1 Å². The minimum atomic E-state index is -3.77. The van der Waals surface area contributed by atoms with Gasteiger partial charge >= 0.3 is 5.97 Å². The first-order valence-corrected chi connectivity index (χ1v) is 8.55. The van der Waals surface area contributed by atoms with Gasteiger partial charge in [-0.15, -0.1) is 0 Å². The number of nitrogens with zero attached hydrogens (tertiary/aromatic N) is 1. The number of nitrogens with one attached hydrogen (secondary N) is 1. The van der Waals surface area contributed by atoms with Crippen molar-refractivity contribution in [1.82, 2.24) is 0 Å². The highest BCUT2D eigenvalue weighted by Crippen LogP contribution is 2.30. The number of fused-ring (bicyclic) bond motifs is 1. The lowest BCUT2D eigenvalue weighted by Crippen LogP contribution is -2.15. The van der Waals surface area contributed by atoms with Crippen LogP contribution in [0.2, 0.25) is 0 Å². The highest BCUT2D eigenvalue weighted by atomic mass is 32.2. The van der Waals surface area contributed by atoms with E-state index < -0.39 is 16.0 Å². The first kappa shape index (κ1) is 15.4. The minimum Gasteiger partial charge on any atom is -0.478 e. The summed E-state index contributed by atoms with van der Waals surface area (Å²) in [5.41, 5.74) is 2.28. The summed E-state index contributed by atoms with van der Waals surface area (Å²) in [4.78, 5) is 13.1. The zero-order chi connectivity index (χ0) is 16.6. The zero-order valence-electron chi connectivity index (χ0n) is 12.5. The Morgan fingerprint density at radius 1 is 1.22 bits per heavy atom. The van der Waals surface area contributed by atoms with Crippen LogP contribution in [-0.2, 0) is 16.4 Å². The maximum atomic E-state index is 12.5. The summed E-state index contributed by atoms with van der Waals surface area (Å²) in [5, 5.41) is 8.98. The van der Waals surface area contributed by atoms with E-state index in [1.165, 1.54) is 24.3 Å². The Balaban J connectivity index is 1.92. The second-order valence-corrected chi connectivity index (χ2v) is 7.14. The van der Waals surface area contributed by atoms with Crippen LogP contribution >= 0.6 is 0 Å². The molecule has 0 saturated heterocycles. The van der Waals surface area contributed by atoms with Gasteiger partial charge in [-0.3, -0.25) is 4.72 Å². The van der Waals surface area contributed by atoms with Gasteiger partial charge in [0.2, 0.25) is 0 Å². The molecule has 0 saturated carbocycles. The van der Waals surface area contributed by atoms with E-state index in [0.29, 0.717) is 0 Å². The third-order valence-corrected chi connectivity index (χ3v) is 5.24. The minimum absolute atomic E-state index is 0.0267. The molecule has 0 unspecified atom stereocenters. The van der Waals surface area contributed by atoms with E-state index in [9.17, 15) is 13.2 Å². The van der Waals surface area contributed by atoms with Crippen LogP contribution in [0, 0.1) is 0 Å². The Hall–Kier alpha value is -2.54. The van der Waals surface area contributed by atoms with Crippen LogP contribution in [-0.4, -0.2) is 33.1 Å². The number of hydrogen-bond donors (Lipinski definition) is 2. The van der Waals surface area contributed by atoms with E-state index in [4.69, 9.17) is 5.11 Å². The number of anilines is 2. The monoisotopic (exact) mass is 332 g/mol. The van der Waals surface area contributed by atoms with Gasteiger partial charge in [0.1, 0.15) is 0 Å². The Morgan fingerprint density at radius 2 is 2.00 bits per heavy atom. The average molecular weight is 332 g/mol. The van der Waals surface area contributed by atoms with Crippen molar-refractivity contribution in [2.45, 2.75) is 11.3 Å². The molecule has 3 rings (SSSR count). The zero-order valence-corrected chi connectivity index (χ0v) is 13.3. The molecule has 0 aliphatic carbocycles. The Morgan fingerprint density at radius 3 is 2.74 bits per heavy atom. The largest absolute Gasteiger partial charge is 0.478 e. The standard InChI is InChI=1S/C16H16N2O4S/c1-18-8-7-11-5-6-14(10-15(11)18)23(21,22)17-13-4-2-3-12(9-13)16(19)20/h2-6,9-10,17H,7-8H2,1H3,(H,19,20). The van der Waals surface area contributed by atoms with Crippen LogP contribution in [0.5, 0.6) is 0 Å². The van der Waals surface area contributed by atoms with Crippen molar-refractivity contribution in [3.8, 4) is 0 Å².